The SMILES string of the molecule is COc1ccc2c(c1)OC1(CCN(C(=O)c3ccccn3)CC1)CNC2=O. The third-order valence-electron chi connectivity index (χ3n) is 5.18. The van der Waals surface area contributed by atoms with Gasteiger partial charge in [0.05, 0.1) is 19.2 Å². The number of nitrogens with zero attached hydrogens (tertiary/aromatic N) is 2. The van der Waals surface area contributed by atoms with Crippen molar-refractivity contribution in [2.75, 3.05) is 26.7 Å². The van der Waals surface area contributed by atoms with Gasteiger partial charge in [-0.2, -0.15) is 0 Å². The molecule has 27 heavy (non-hydrogen) atoms. The monoisotopic (exact) mass is 367 g/mol. The second-order valence-corrected chi connectivity index (χ2v) is 6.84. The van der Waals surface area contributed by atoms with Gasteiger partial charge in [0.15, 0.2) is 0 Å². The van der Waals surface area contributed by atoms with E-state index in [0.717, 1.165) is 0 Å². The molecule has 3 heterocycles. The van der Waals surface area contributed by atoms with Gasteiger partial charge in [-0.15, -0.1) is 0 Å². The highest BCUT2D eigenvalue weighted by atomic mass is 16.5. The molecule has 2 amide bonds. The van der Waals surface area contributed by atoms with Crippen LogP contribution < -0.4 is 14.8 Å². The lowest BCUT2D eigenvalue weighted by molar-refractivity contribution is 0.00743. The van der Waals surface area contributed by atoms with Crippen LogP contribution in [0.25, 0.3) is 0 Å². The summed E-state index contributed by atoms with van der Waals surface area (Å²) in [6, 6.07) is 10.5. The maximum atomic E-state index is 12.6. The van der Waals surface area contributed by atoms with Crippen molar-refractivity contribution in [3.8, 4) is 11.5 Å². The van der Waals surface area contributed by atoms with Gasteiger partial charge in [-0.05, 0) is 24.3 Å². The van der Waals surface area contributed by atoms with Crippen LogP contribution in [0.4, 0.5) is 0 Å². The molecule has 0 radical (unpaired) electrons. The fourth-order valence-electron chi connectivity index (χ4n) is 3.56. The van der Waals surface area contributed by atoms with Gasteiger partial charge >= 0.3 is 0 Å². The lowest BCUT2D eigenvalue weighted by atomic mass is 9.90. The quantitative estimate of drug-likeness (QED) is 0.877. The number of hydrogen-bond acceptors (Lipinski definition) is 5. The summed E-state index contributed by atoms with van der Waals surface area (Å²) in [5, 5.41) is 2.95. The topological polar surface area (TPSA) is 80.8 Å². The summed E-state index contributed by atoms with van der Waals surface area (Å²) in [4.78, 5) is 30.9. The Balaban J connectivity index is 1.52. The van der Waals surface area contributed by atoms with E-state index in [1.54, 1.807) is 54.6 Å². The van der Waals surface area contributed by atoms with Crippen LogP contribution in [-0.2, 0) is 0 Å². The van der Waals surface area contributed by atoms with Crippen LogP contribution in [0, 0.1) is 0 Å². The molecule has 7 heteroatoms. The number of carbonyl (C=O) groups is 2. The van der Waals surface area contributed by atoms with Crippen LogP contribution >= 0.6 is 0 Å². The van der Waals surface area contributed by atoms with E-state index >= 15 is 0 Å². The van der Waals surface area contributed by atoms with E-state index in [1.807, 2.05) is 0 Å². The molecule has 1 saturated heterocycles. The molecule has 2 aliphatic heterocycles. The van der Waals surface area contributed by atoms with E-state index in [0.29, 0.717) is 55.2 Å². The molecule has 140 valence electrons. The van der Waals surface area contributed by atoms with Gasteiger partial charge in [0.1, 0.15) is 22.8 Å². The normalized spacial score (nSPS) is 18.1. The molecule has 0 aliphatic carbocycles. The standard InChI is InChI=1S/C20H21N3O4/c1-26-14-5-6-15-17(12-14)27-20(13-22-18(15)24)7-10-23(11-8-20)19(25)16-4-2-3-9-21-16/h2-6,9,12H,7-8,10-11,13H2,1H3,(H,22,24). The number of rotatable bonds is 2. The number of piperidine rings is 1. The number of carbonyl (C=O) groups excluding carboxylic acids is 2. The van der Waals surface area contributed by atoms with Gasteiger partial charge in [0.2, 0.25) is 0 Å². The molecule has 0 atom stereocenters. The molecular weight excluding hydrogens is 346 g/mol. The first-order chi connectivity index (χ1) is 13.1. The molecule has 2 aromatic rings. The van der Waals surface area contributed by atoms with E-state index in [-0.39, 0.29) is 11.8 Å². The number of aromatic nitrogens is 1. The van der Waals surface area contributed by atoms with Gasteiger partial charge in [-0.3, -0.25) is 14.6 Å². The van der Waals surface area contributed by atoms with E-state index in [4.69, 9.17) is 9.47 Å². The Morgan fingerprint density at radius 3 is 2.78 bits per heavy atom. The van der Waals surface area contributed by atoms with Crippen LogP contribution in [0.2, 0.25) is 0 Å². The summed E-state index contributed by atoms with van der Waals surface area (Å²) in [6.45, 7) is 1.50. The fraction of sp³-hybridized carbons (Fsp3) is 0.350. The third kappa shape index (κ3) is 3.32. The Labute approximate surface area is 157 Å². The van der Waals surface area contributed by atoms with Crippen molar-refractivity contribution in [3.05, 3.63) is 53.9 Å². The molecule has 1 aromatic carbocycles. The van der Waals surface area contributed by atoms with Crippen molar-refractivity contribution < 1.29 is 19.1 Å². The zero-order valence-electron chi connectivity index (χ0n) is 15.1. The molecule has 2 aliphatic rings. The van der Waals surface area contributed by atoms with Gasteiger partial charge in [-0.1, -0.05) is 6.07 Å². The Hall–Kier alpha value is -3.09. The summed E-state index contributed by atoms with van der Waals surface area (Å²) < 4.78 is 11.6. The van der Waals surface area contributed by atoms with Crippen molar-refractivity contribution >= 4 is 11.8 Å². The lowest BCUT2D eigenvalue weighted by Gasteiger charge is -2.41. The number of methoxy groups -OCH3 is 1. The Morgan fingerprint density at radius 2 is 2.07 bits per heavy atom. The van der Waals surface area contributed by atoms with Gasteiger partial charge < -0.3 is 19.7 Å². The molecule has 1 aromatic heterocycles. The van der Waals surface area contributed by atoms with E-state index < -0.39 is 5.60 Å². The van der Waals surface area contributed by atoms with E-state index in [1.165, 1.54) is 0 Å². The summed E-state index contributed by atoms with van der Waals surface area (Å²) in [5.74, 6) is 0.928. The van der Waals surface area contributed by atoms with Crippen LogP contribution in [0.5, 0.6) is 11.5 Å². The number of pyridine rings is 1. The number of amides is 2. The maximum absolute atomic E-state index is 12.6. The number of ether oxygens (including phenoxy) is 2. The van der Waals surface area contributed by atoms with Gasteiger partial charge in [-0.25, -0.2) is 0 Å². The van der Waals surface area contributed by atoms with Crippen molar-refractivity contribution in [2.24, 2.45) is 0 Å². The van der Waals surface area contributed by atoms with Crippen molar-refractivity contribution in [1.29, 1.82) is 0 Å². The lowest BCUT2D eigenvalue weighted by Crippen LogP contribution is -2.54. The Morgan fingerprint density at radius 1 is 1.26 bits per heavy atom. The summed E-state index contributed by atoms with van der Waals surface area (Å²) in [6.07, 6.45) is 2.87. The zero-order valence-corrected chi connectivity index (χ0v) is 15.1. The summed E-state index contributed by atoms with van der Waals surface area (Å²) >= 11 is 0. The van der Waals surface area contributed by atoms with Crippen molar-refractivity contribution in [3.63, 3.8) is 0 Å². The van der Waals surface area contributed by atoms with Crippen LogP contribution in [0.15, 0.2) is 42.6 Å². The smallest absolute Gasteiger partial charge is 0.272 e. The Bertz CT molecular complexity index is 861. The van der Waals surface area contributed by atoms with Crippen LogP contribution in [-0.4, -0.2) is 54.0 Å². The average molecular weight is 367 g/mol. The zero-order chi connectivity index (χ0) is 18.9. The molecule has 1 N–H and O–H groups in total. The van der Waals surface area contributed by atoms with Crippen LogP contribution in [0.3, 0.4) is 0 Å². The molecule has 0 saturated carbocycles. The van der Waals surface area contributed by atoms with Crippen LogP contribution in [0.1, 0.15) is 33.7 Å². The fourth-order valence-corrected chi connectivity index (χ4v) is 3.56. The van der Waals surface area contributed by atoms with E-state index in [9.17, 15) is 9.59 Å². The largest absolute Gasteiger partial charge is 0.497 e. The van der Waals surface area contributed by atoms with Crippen molar-refractivity contribution in [1.82, 2.24) is 15.2 Å². The number of likely N-dealkylation sites (tertiary alicyclic amines) is 1. The number of benzene rings is 1. The molecule has 0 bridgehead atoms. The minimum atomic E-state index is -0.534. The highest BCUT2D eigenvalue weighted by Crippen LogP contribution is 2.35. The highest BCUT2D eigenvalue weighted by molar-refractivity contribution is 5.97. The average Bonchev–Trinajstić information content (AvgIpc) is 2.85. The number of nitrogens with one attached hydrogen (secondary N) is 1. The second-order valence-electron chi connectivity index (χ2n) is 6.84. The van der Waals surface area contributed by atoms with Crippen molar-refractivity contribution in [2.45, 2.75) is 18.4 Å². The molecule has 4 rings (SSSR count). The second kappa shape index (κ2) is 6.90. The number of fused-ring (bicyclic) bond motifs is 1. The molecular formula is C20H21N3O4. The first-order valence-corrected chi connectivity index (χ1v) is 8.96. The first kappa shape index (κ1) is 17.3. The predicted molar refractivity (Wildman–Crippen MR) is 98.1 cm³/mol. The molecule has 7 nitrogen and oxygen atoms in total. The van der Waals surface area contributed by atoms with Gasteiger partial charge in [0, 0.05) is 38.2 Å². The number of hydrogen-bond donors (Lipinski definition) is 1. The summed E-state index contributed by atoms with van der Waals surface area (Å²) in [7, 11) is 1.58. The van der Waals surface area contributed by atoms with E-state index in [2.05, 4.69) is 10.3 Å². The maximum Gasteiger partial charge on any atom is 0.272 e. The predicted octanol–water partition coefficient (Wildman–Crippen LogP) is 1.89. The molecule has 0 unspecified atom stereocenters. The minimum absolute atomic E-state index is 0.0785. The third-order valence-corrected chi connectivity index (χ3v) is 5.18. The Kier molecular flexibility index (Phi) is 4.43. The minimum Gasteiger partial charge on any atom is -0.497 e. The van der Waals surface area contributed by atoms with Gasteiger partial charge in [0.25, 0.3) is 11.8 Å². The molecule has 1 fully saturated rings. The first-order valence-electron chi connectivity index (χ1n) is 8.96. The highest BCUT2D eigenvalue weighted by Gasteiger charge is 2.41. The summed E-state index contributed by atoms with van der Waals surface area (Å²) in [5.41, 5.74) is 0.409. The molecule has 1 spiro atoms.